The SMILES string of the molecule is CC1=C(C(=O)OC(C)(C)C)C(c2ccc(C)cc2)NC(=S)N1. The average Bonchev–Trinajstić information content (AvgIpc) is 2.36. The van der Waals surface area contributed by atoms with Crippen molar-refractivity contribution in [3.8, 4) is 0 Å². The molecule has 1 aromatic carbocycles. The number of hydrogen-bond acceptors (Lipinski definition) is 3. The van der Waals surface area contributed by atoms with Crippen LogP contribution in [0.15, 0.2) is 35.5 Å². The molecule has 2 rings (SSSR count). The number of allylic oxidation sites excluding steroid dienone is 1. The molecule has 1 atom stereocenters. The van der Waals surface area contributed by atoms with E-state index in [0.717, 1.165) is 11.3 Å². The molecule has 0 fully saturated rings. The summed E-state index contributed by atoms with van der Waals surface area (Å²) in [4.78, 5) is 12.6. The van der Waals surface area contributed by atoms with Gasteiger partial charge in [0.25, 0.3) is 0 Å². The van der Waals surface area contributed by atoms with E-state index in [4.69, 9.17) is 17.0 Å². The predicted octanol–water partition coefficient (Wildman–Crippen LogP) is 3.13. The van der Waals surface area contributed by atoms with Gasteiger partial charge in [0.15, 0.2) is 5.11 Å². The standard InChI is InChI=1S/C17H22N2O2S/c1-10-6-8-12(9-7-10)14-13(11(2)18-16(22)19-14)15(20)21-17(3,4)5/h6-9,14H,1-5H3,(H2,18,19,22). The van der Waals surface area contributed by atoms with Gasteiger partial charge in [-0.15, -0.1) is 0 Å². The number of benzene rings is 1. The molecule has 0 aromatic heterocycles. The maximum absolute atomic E-state index is 12.6. The Balaban J connectivity index is 2.41. The second-order valence-electron chi connectivity index (χ2n) is 6.48. The molecule has 5 heteroatoms. The number of carbonyl (C=O) groups is 1. The molecule has 118 valence electrons. The van der Waals surface area contributed by atoms with Gasteiger partial charge in [-0.25, -0.2) is 4.79 Å². The summed E-state index contributed by atoms with van der Waals surface area (Å²) < 4.78 is 5.54. The lowest BCUT2D eigenvalue weighted by atomic mass is 9.95. The number of ether oxygens (including phenoxy) is 1. The van der Waals surface area contributed by atoms with Crippen molar-refractivity contribution in [2.45, 2.75) is 46.3 Å². The number of esters is 1. The molecule has 1 aliphatic rings. The van der Waals surface area contributed by atoms with Crippen LogP contribution in [0.25, 0.3) is 0 Å². The number of rotatable bonds is 2. The third kappa shape index (κ3) is 3.85. The first-order chi connectivity index (χ1) is 10.2. The zero-order valence-electron chi connectivity index (χ0n) is 13.6. The quantitative estimate of drug-likeness (QED) is 0.648. The lowest BCUT2D eigenvalue weighted by molar-refractivity contribution is -0.150. The van der Waals surface area contributed by atoms with Crippen molar-refractivity contribution in [3.05, 3.63) is 46.7 Å². The largest absolute Gasteiger partial charge is 0.456 e. The molecule has 0 bridgehead atoms. The van der Waals surface area contributed by atoms with Gasteiger partial charge < -0.3 is 15.4 Å². The van der Waals surface area contributed by atoms with E-state index in [1.54, 1.807) is 0 Å². The fourth-order valence-electron chi connectivity index (χ4n) is 2.31. The van der Waals surface area contributed by atoms with Crippen LogP contribution in [-0.2, 0) is 9.53 Å². The van der Waals surface area contributed by atoms with Gasteiger partial charge in [-0.05, 0) is 52.4 Å². The summed E-state index contributed by atoms with van der Waals surface area (Å²) in [6.45, 7) is 9.44. The van der Waals surface area contributed by atoms with Crippen molar-refractivity contribution in [3.63, 3.8) is 0 Å². The lowest BCUT2D eigenvalue weighted by Gasteiger charge is -2.31. The Labute approximate surface area is 136 Å². The summed E-state index contributed by atoms with van der Waals surface area (Å²) in [6.07, 6.45) is 0. The van der Waals surface area contributed by atoms with Gasteiger partial charge in [0, 0.05) is 5.70 Å². The van der Waals surface area contributed by atoms with Crippen LogP contribution < -0.4 is 10.6 Å². The van der Waals surface area contributed by atoms with Gasteiger partial charge in [-0.3, -0.25) is 0 Å². The first kappa shape index (κ1) is 16.5. The summed E-state index contributed by atoms with van der Waals surface area (Å²) in [5.74, 6) is -0.335. The number of aryl methyl sites for hydroxylation is 1. The van der Waals surface area contributed by atoms with Gasteiger partial charge in [0.1, 0.15) is 5.60 Å². The Hall–Kier alpha value is -1.88. The highest BCUT2D eigenvalue weighted by Gasteiger charge is 2.32. The van der Waals surface area contributed by atoms with E-state index in [2.05, 4.69) is 10.6 Å². The second kappa shape index (κ2) is 6.08. The number of carbonyl (C=O) groups excluding carboxylic acids is 1. The summed E-state index contributed by atoms with van der Waals surface area (Å²) in [5, 5.41) is 6.68. The molecule has 0 saturated carbocycles. The van der Waals surface area contributed by atoms with Crippen molar-refractivity contribution in [2.75, 3.05) is 0 Å². The fourth-order valence-corrected chi connectivity index (χ4v) is 2.58. The van der Waals surface area contributed by atoms with Crippen LogP contribution in [0.1, 0.15) is 44.9 Å². The zero-order chi connectivity index (χ0) is 16.5. The Morgan fingerprint density at radius 2 is 1.77 bits per heavy atom. The minimum absolute atomic E-state index is 0.302. The van der Waals surface area contributed by atoms with Crippen LogP contribution in [0.3, 0.4) is 0 Å². The topological polar surface area (TPSA) is 50.4 Å². The Morgan fingerprint density at radius 1 is 1.18 bits per heavy atom. The molecule has 0 aliphatic carbocycles. The normalized spacial score (nSPS) is 18.6. The molecule has 1 unspecified atom stereocenters. The van der Waals surface area contributed by atoms with E-state index in [-0.39, 0.29) is 12.0 Å². The van der Waals surface area contributed by atoms with E-state index in [1.807, 2.05) is 58.9 Å². The summed E-state index contributed by atoms with van der Waals surface area (Å²) >= 11 is 5.23. The maximum atomic E-state index is 12.6. The third-order valence-electron chi connectivity index (χ3n) is 3.30. The fraction of sp³-hybridized carbons (Fsp3) is 0.412. The highest BCUT2D eigenvalue weighted by molar-refractivity contribution is 7.80. The van der Waals surface area contributed by atoms with Crippen LogP contribution in [0.4, 0.5) is 0 Å². The summed E-state index contributed by atoms with van der Waals surface area (Å²) in [6, 6.07) is 7.73. The average molecular weight is 318 g/mol. The predicted molar refractivity (Wildman–Crippen MR) is 91.3 cm³/mol. The van der Waals surface area contributed by atoms with Gasteiger partial charge >= 0.3 is 5.97 Å². The van der Waals surface area contributed by atoms with Gasteiger partial charge in [-0.1, -0.05) is 29.8 Å². The van der Waals surface area contributed by atoms with Crippen molar-refractivity contribution in [2.24, 2.45) is 0 Å². The molecule has 0 amide bonds. The molecular weight excluding hydrogens is 296 g/mol. The molecule has 0 radical (unpaired) electrons. The molecule has 1 aromatic rings. The van der Waals surface area contributed by atoms with Crippen molar-refractivity contribution in [1.29, 1.82) is 0 Å². The number of hydrogen-bond donors (Lipinski definition) is 2. The molecule has 22 heavy (non-hydrogen) atoms. The third-order valence-corrected chi connectivity index (χ3v) is 3.52. The second-order valence-corrected chi connectivity index (χ2v) is 6.89. The Bertz CT molecular complexity index is 627. The van der Waals surface area contributed by atoms with E-state index >= 15 is 0 Å². The minimum atomic E-state index is -0.542. The zero-order valence-corrected chi connectivity index (χ0v) is 14.4. The van der Waals surface area contributed by atoms with Gasteiger partial charge in [0.2, 0.25) is 0 Å². The van der Waals surface area contributed by atoms with Crippen molar-refractivity contribution >= 4 is 23.3 Å². The van der Waals surface area contributed by atoms with E-state index in [0.29, 0.717) is 10.7 Å². The Morgan fingerprint density at radius 3 is 2.32 bits per heavy atom. The van der Waals surface area contributed by atoms with E-state index < -0.39 is 5.60 Å². The lowest BCUT2D eigenvalue weighted by Crippen LogP contribution is -2.45. The smallest absolute Gasteiger partial charge is 0.338 e. The van der Waals surface area contributed by atoms with Crippen LogP contribution in [0.5, 0.6) is 0 Å². The van der Waals surface area contributed by atoms with Crippen molar-refractivity contribution in [1.82, 2.24) is 10.6 Å². The van der Waals surface area contributed by atoms with Crippen LogP contribution >= 0.6 is 12.2 Å². The molecule has 1 aliphatic heterocycles. The first-order valence-electron chi connectivity index (χ1n) is 7.25. The Kier molecular flexibility index (Phi) is 4.56. The van der Waals surface area contributed by atoms with Gasteiger partial charge in [-0.2, -0.15) is 0 Å². The molecule has 0 spiro atoms. The number of nitrogens with one attached hydrogen (secondary N) is 2. The van der Waals surface area contributed by atoms with Crippen molar-refractivity contribution < 1.29 is 9.53 Å². The summed E-state index contributed by atoms with van der Waals surface area (Å²) in [7, 11) is 0. The number of thiocarbonyl (C=S) groups is 1. The molecular formula is C17H22N2O2S. The highest BCUT2D eigenvalue weighted by Crippen LogP contribution is 2.29. The van der Waals surface area contributed by atoms with Gasteiger partial charge in [0.05, 0.1) is 11.6 Å². The van der Waals surface area contributed by atoms with E-state index in [1.165, 1.54) is 5.56 Å². The highest BCUT2D eigenvalue weighted by atomic mass is 32.1. The summed E-state index contributed by atoms with van der Waals surface area (Å²) in [5.41, 5.74) is 2.89. The molecule has 4 nitrogen and oxygen atoms in total. The van der Waals surface area contributed by atoms with Crippen LogP contribution in [-0.4, -0.2) is 16.7 Å². The molecule has 0 saturated heterocycles. The first-order valence-corrected chi connectivity index (χ1v) is 7.66. The molecule has 1 heterocycles. The molecule has 2 N–H and O–H groups in total. The van der Waals surface area contributed by atoms with E-state index in [9.17, 15) is 4.79 Å². The minimum Gasteiger partial charge on any atom is -0.456 e. The maximum Gasteiger partial charge on any atom is 0.338 e. The van der Waals surface area contributed by atoms with Crippen LogP contribution in [0.2, 0.25) is 0 Å². The van der Waals surface area contributed by atoms with Crippen LogP contribution in [0, 0.1) is 6.92 Å². The monoisotopic (exact) mass is 318 g/mol.